The molecule has 1 heterocycles. The monoisotopic (exact) mass is 290 g/mol. The molecule has 0 unspecified atom stereocenters. The standard InChI is InChI=1S/C17H26N2O2/c1-5-21-15-12-14(17(15,2)3)19(4)16(20)7-6-13-8-10-18-11-9-13/h8-11,14-15H,5-7,12H2,1-4H3/t14-,15-/m0/s1. The minimum Gasteiger partial charge on any atom is -0.378 e. The predicted molar refractivity (Wildman–Crippen MR) is 82.9 cm³/mol. The lowest BCUT2D eigenvalue weighted by molar-refractivity contribution is -0.163. The maximum atomic E-state index is 12.4. The fraction of sp³-hybridized carbons (Fsp3) is 0.647. The Morgan fingerprint density at radius 2 is 2.10 bits per heavy atom. The molecular formula is C17H26N2O2. The lowest BCUT2D eigenvalue weighted by Crippen LogP contribution is -2.62. The summed E-state index contributed by atoms with van der Waals surface area (Å²) >= 11 is 0. The van der Waals surface area contributed by atoms with Gasteiger partial charge in [-0.2, -0.15) is 0 Å². The Morgan fingerprint density at radius 3 is 2.67 bits per heavy atom. The highest BCUT2D eigenvalue weighted by atomic mass is 16.5. The van der Waals surface area contributed by atoms with Gasteiger partial charge in [-0.3, -0.25) is 9.78 Å². The van der Waals surface area contributed by atoms with E-state index >= 15 is 0 Å². The molecule has 1 fully saturated rings. The second kappa shape index (κ2) is 6.56. The molecule has 0 aromatic carbocycles. The normalized spacial score (nSPS) is 23.4. The summed E-state index contributed by atoms with van der Waals surface area (Å²) in [5, 5.41) is 0. The van der Waals surface area contributed by atoms with Crippen molar-refractivity contribution >= 4 is 5.91 Å². The fourth-order valence-electron chi connectivity index (χ4n) is 3.16. The number of hydrogen-bond acceptors (Lipinski definition) is 3. The van der Waals surface area contributed by atoms with Gasteiger partial charge in [0.15, 0.2) is 0 Å². The highest BCUT2D eigenvalue weighted by molar-refractivity contribution is 5.76. The number of hydrogen-bond donors (Lipinski definition) is 0. The smallest absolute Gasteiger partial charge is 0.222 e. The number of nitrogens with zero attached hydrogens (tertiary/aromatic N) is 2. The molecule has 1 amide bonds. The van der Waals surface area contributed by atoms with Gasteiger partial charge in [-0.25, -0.2) is 0 Å². The fourth-order valence-corrected chi connectivity index (χ4v) is 3.16. The molecule has 2 rings (SSSR count). The molecule has 1 aromatic heterocycles. The van der Waals surface area contributed by atoms with Gasteiger partial charge in [0.1, 0.15) is 0 Å². The minimum atomic E-state index is 0.0388. The van der Waals surface area contributed by atoms with Crippen molar-refractivity contribution in [1.82, 2.24) is 9.88 Å². The lowest BCUT2D eigenvalue weighted by atomic mass is 9.63. The zero-order valence-electron chi connectivity index (χ0n) is 13.5. The summed E-state index contributed by atoms with van der Waals surface area (Å²) in [6.45, 7) is 7.13. The molecule has 21 heavy (non-hydrogen) atoms. The van der Waals surface area contributed by atoms with Gasteiger partial charge in [0, 0.05) is 43.9 Å². The first-order valence-corrected chi connectivity index (χ1v) is 7.73. The zero-order chi connectivity index (χ0) is 15.5. The van der Waals surface area contributed by atoms with E-state index in [1.54, 1.807) is 12.4 Å². The molecule has 116 valence electrons. The van der Waals surface area contributed by atoms with Crippen molar-refractivity contribution in [1.29, 1.82) is 0 Å². The number of aromatic nitrogens is 1. The van der Waals surface area contributed by atoms with Gasteiger partial charge < -0.3 is 9.64 Å². The van der Waals surface area contributed by atoms with Gasteiger partial charge in [0.25, 0.3) is 0 Å². The zero-order valence-corrected chi connectivity index (χ0v) is 13.5. The molecule has 1 saturated carbocycles. The largest absolute Gasteiger partial charge is 0.378 e. The quantitative estimate of drug-likeness (QED) is 0.809. The molecule has 0 N–H and O–H groups in total. The van der Waals surface area contributed by atoms with Gasteiger partial charge in [-0.1, -0.05) is 13.8 Å². The van der Waals surface area contributed by atoms with E-state index in [0.29, 0.717) is 6.42 Å². The molecule has 0 saturated heterocycles. The maximum Gasteiger partial charge on any atom is 0.222 e. The topological polar surface area (TPSA) is 42.4 Å². The molecule has 0 aliphatic heterocycles. The summed E-state index contributed by atoms with van der Waals surface area (Å²) < 4.78 is 5.74. The molecule has 0 spiro atoms. The molecule has 1 aromatic rings. The summed E-state index contributed by atoms with van der Waals surface area (Å²) in [6.07, 6.45) is 6.07. The Kier molecular flexibility index (Phi) is 4.99. The van der Waals surface area contributed by atoms with E-state index in [9.17, 15) is 4.79 Å². The summed E-state index contributed by atoms with van der Waals surface area (Å²) in [5.74, 6) is 0.208. The van der Waals surface area contributed by atoms with Crippen LogP contribution in [0.1, 0.15) is 39.2 Å². The average Bonchev–Trinajstić information content (AvgIpc) is 2.49. The number of aryl methyl sites for hydroxylation is 1. The number of rotatable bonds is 6. The third-order valence-electron chi connectivity index (χ3n) is 4.73. The molecular weight excluding hydrogens is 264 g/mol. The average molecular weight is 290 g/mol. The Labute approximate surface area is 127 Å². The molecule has 0 radical (unpaired) electrons. The number of amides is 1. The number of carbonyl (C=O) groups excluding carboxylic acids is 1. The van der Waals surface area contributed by atoms with E-state index in [-0.39, 0.29) is 23.5 Å². The SMILES string of the molecule is CCO[C@H]1C[C@H](N(C)C(=O)CCc2ccncc2)C1(C)C. The van der Waals surface area contributed by atoms with E-state index in [1.165, 1.54) is 0 Å². The summed E-state index contributed by atoms with van der Waals surface area (Å²) in [7, 11) is 1.92. The Balaban J connectivity index is 1.86. The molecule has 4 nitrogen and oxygen atoms in total. The van der Waals surface area contributed by atoms with Gasteiger partial charge in [-0.05, 0) is 37.5 Å². The van der Waals surface area contributed by atoms with Crippen LogP contribution in [-0.4, -0.2) is 41.6 Å². The van der Waals surface area contributed by atoms with Crippen LogP contribution in [0.2, 0.25) is 0 Å². The van der Waals surface area contributed by atoms with Crippen molar-refractivity contribution in [3.63, 3.8) is 0 Å². The van der Waals surface area contributed by atoms with Gasteiger partial charge in [-0.15, -0.1) is 0 Å². The van der Waals surface area contributed by atoms with Crippen molar-refractivity contribution < 1.29 is 9.53 Å². The maximum absolute atomic E-state index is 12.4. The van der Waals surface area contributed by atoms with E-state index in [1.807, 2.05) is 31.0 Å². The van der Waals surface area contributed by atoms with E-state index in [4.69, 9.17) is 4.74 Å². The minimum absolute atomic E-state index is 0.0388. The lowest BCUT2D eigenvalue weighted by Gasteiger charge is -2.54. The van der Waals surface area contributed by atoms with Crippen LogP contribution in [0, 0.1) is 5.41 Å². The summed E-state index contributed by atoms with van der Waals surface area (Å²) in [4.78, 5) is 18.3. The van der Waals surface area contributed by atoms with E-state index < -0.39 is 0 Å². The van der Waals surface area contributed by atoms with Crippen molar-refractivity contribution in [2.75, 3.05) is 13.7 Å². The highest BCUT2D eigenvalue weighted by Gasteiger charge is 2.51. The molecule has 1 aliphatic rings. The van der Waals surface area contributed by atoms with Gasteiger partial charge in [0.05, 0.1) is 6.10 Å². The summed E-state index contributed by atoms with van der Waals surface area (Å²) in [5.41, 5.74) is 1.20. The van der Waals surface area contributed by atoms with Crippen molar-refractivity contribution in [3.05, 3.63) is 30.1 Å². The van der Waals surface area contributed by atoms with Crippen LogP contribution < -0.4 is 0 Å². The summed E-state index contributed by atoms with van der Waals surface area (Å²) in [6, 6.07) is 4.20. The van der Waals surface area contributed by atoms with Crippen molar-refractivity contribution in [2.45, 2.75) is 52.2 Å². The highest BCUT2D eigenvalue weighted by Crippen LogP contribution is 2.45. The van der Waals surface area contributed by atoms with Crippen LogP contribution in [0.3, 0.4) is 0 Å². The number of pyridine rings is 1. The third kappa shape index (κ3) is 3.43. The van der Waals surface area contributed by atoms with Crippen LogP contribution in [-0.2, 0) is 16.0 Å². The van der Waals surface area contributed by atoms with Crippen molar-refractivity contribution in [2.24, 2.45) is 5.41 Å². The van der Waals surface area contributed by atoms with Crippen LogP contribution in [0.25, 0.3) is 0 Å². The molecule has 2 atom stereocenters. The first-order valence-electron chi connectivity index (χ1n) is 7.73. The Bertz CT molecular complexity index is 473. The van der Waals surface area contributed by atoms with Crippen LogP contribution in [0.4, 0.5) is 0 Å². The van der Waals surface area contributed by atoms with E-state index in [2.05, 4.69) is 18.8 Å². The van der Waals surface area contributed by atoms with Crippen LogP contribution in [0.5, 0.6) is 0 Å². The van der Waals surface area contributed by atoms with Crippen LogP contribution in [0.15, 0.2) is 24.5 Å². The second-order valence-electron chi connectivity index (χ2n) is 6.38. The van der Waals surface area contributed by atoms with Crippen LogP contribution >= 0.6 is 0 Å². The molecule has 0 bridgehead atoms. The van der Waals surface area contributed by atoms with Gasteiger partial charge in [0.2, 0.25) is 5.91 Å². The Morgan fingerprint density at radius 1 is 1.43 bits per heavy atom. The molecule has 4 heteroatoms. The Hall–Kier alpha value is -1.42. The first-order chi connectivity index (χ1) is 9.96. The first kappa shape index (κ1) is 16.0. The number of carbonyl (C=O) groups is 1. The second-order valence-corrected chi connectivity index (χ2v) is 6.38. The van der Waals surface area contributed by atoms with Crippen molar-refractivity contribution in [3.8, 4) is 0 Å². The predicted octanol–water partition coefficient (Wildman–Crippen LogP) is 2.68. The van der Waals surface area contributed by atoms with E-state index in [0.717, 1.165) is 25.0 Å². The molecule has 1 aliphatic carbocycles. The van der Waals surface area contributed by atoms with Gasteiger partial charge >= 0.3 is 0 Å². The third-order valence-corrected chi connectivity index (χ3v) is 4.73. The number of ether oxygens (including phenoxy) is 1.